The van der Waals surface area contributed by atoms with Gasteiger partial charge in [0.1, 0.15) is 18.1 Å². The van der Waals surface area contributed by atoms with Gasteiger partial charge in [0.2, 0.25) is 0 Å². The minimum absolute atomic E-state index is 0.0145. The molecule has 0 fully saturated rings. The molecule has 0 unspecified atom stereocenters. The molecule has 2 rings (SSSR count). The van der Waals surface area contributed by atoms with Crippen molar-refractivity contribution in [1.29, 1.82) is 0 Å². The van der Waals surface area contributed by atoms with E-state index in [0.29, 0.717) is 16.5 Å². The molecular weight excluding hydrogens is 377 g/mol. The lowest BCUT2D eigenvalue weighted by Crippen LogP contribution is -2.15. The third-order valence-corrected chi connectivity index (χ3v) is 3.39. The first-order chi connectivity index (χ1) is 12.0. The van der Waals surface area contributed by atoms with Gasteiger partial charge >= 0.3 is 6.61 Å². The zero-order valence-corrected chi connectivity index (χ0v) is 14.1. The van der Waals surface area contributed by atoms with E-state index in [-0.39, 0.29) is 23.1 Å². The van der Waals surface area contributed by atoms with Crippen LogP contribution in [0.25, 0.3) is 0 Å². The fourth-order valence-electron chi connectivity index (χ4n) is 1.64. The highest BCUT2D eigenvalue weighted by atomic mass is 35.5. The Labute approximate surface area is 151 Å². The van der Waals surface area contributed by atoms with Gasteiger partial charge in [-0.25, -0.2) is 0 Å². The highest BCUT2D eigenvalue weighted by Crippen LogP contribution is 2.30. The first kappa shape index (κ1) is 18.9. The number of aromatic nitrogens is 1. The number of hydrogen-bond acceptors (Lipinski definition) is 6. The van der Waals surface area contributed by atoms with E-state index >= 15 is 0 Å². The number of halogens is 4. The van der Waals surface area contributed by atoms with Gasteiger partial charge in [0.15, 0.2) is 5.75 Å². The fourth-order valence-corrected chi connectivity index (χ4v) is 1.96. The average Bonchev–Trinajstić information content (AvgIpc) is 2.58. The molecule has 0 saturated carbocycles. The second-order valence-electron chi connectivity index (χ2n) is 4.47. The van der Waals surface area contributed by atoms with Crippen LogP contribution in [-0.2, 0) is 0 Å². The second kappa shape index (κ2) is 9.14. The summed E-state index contributed by atoms with van der Waals surface area (Å²) < 4.78 is 34.3. The molecule has 0 aliphatic heterocycles. The van der Waals surface area contributed by atoms with Gasteiger partial charge in [0.25, 0.3) is 0 Å². The van der Waals surface area contributed by atoms with Crippen molar-refractivity contribution in [2.24, 2.45) is 15.9 Å². The van der Waals surface area contributed by atoms with Crippen LogP contribution in [0.15, 0.2) is 46.8 Å². The van der Waals surface area contributed by atoms with E-state index in [1.54, 1.807) is 6.07 Å². The molecule has 10 heteroatoms. The maximum absolute atomic E-state index is 12.3. The summed E-state index contributed by atoms with van der Waals surface area (Å²) in [6, 6.07) is 5.74. The van der Waals surface area contributed by atoms with E-state index in [2.05, 4.69) is 19.8 Å². The number of pyridine rings is 1. The number of hydrazone groups is 1. The van der Waals surface area contributed by atoms with Crippen molar-refractivity contribution < 1.29 is 18.3 Å². The largest absolute Gasteiger partial charge is 0.484 e. The minimum atomic E-state index is -2.99. The second-order valence-corrected chi connectivity index (χ2v) is 5.28. The zero-order valence-electron chi connectivity index (χ0n) is 12.6. The molecule has 0 bridgehead atoms. The minimum Gasteiger partial charge on any atom is -0.484 e. The van der Waals surface area contributed by atoms with Gasteiger partial charge in [-0.2, -0.15) is 13.9 Å². The van der Waals surface area contributed by atoms with E-state index in [9.17, 15) is 8.78 Å². The summed E-state index contributed by atoms with van der Waals surface area (Å²) in [5, 5.41) is 3.96. The van der Waals surface area contributed by atoms with Crippen LogP contribution < -0.4 is 15.3 Å². The zero-order chi connectivity index (χ0) is 18.2. The first-order valence-electron chi connectivity index (χ1n) is 6.77. The molecule has 132 valence electrons. The van der Waals surface area contributed by atoms with Crippen LogP contribution in [0.4, 0.5) is 14.5 Å². The van der Waals surface area contributed by atoms with E-state index in [0.717, 1.165) is 0 Å². The topological polar surface area (TPSA) is 82.1 Å². The Morgan fingerprint density at radius 2 is 2.00 bits per heavy atom. The number of benzene rings is 1. The molecule has 0 saturated heterocycles. The molecule has 0 aliphatic rings. The standard InChI is InChI=1S/C15H12Cl2F2N4O2/c16-11-2-1-9(5-13(11)25-15(18)19)22-6-10(23-20)8-24-14-7-21-4-3-12(14)17/h1-7,15H,8,20H2. The fraction of sp³-hybridized carbons (Fsp3) is 0.133. The van der Waals surface area contributed by atoms with Crippen molar-refractivity contribution in [2.75, 3.05) is 6.61 Å². The number of rotatable bonds is 7. The Kier molecular flexibility index (Phi) is 6.91. The monoisotopic (exact) mass is 388 g/mol. The average molecular weight is 389 g/mol. The Morgan fingerprint density at radius 3 is 2.68 bits per heavy atom. The van der Waals surface area contributed by atoms with E-state index < -0.39 is 6.61 Å². The first-order valence-corrected chi connectivity index (χ1v) is 7.52. The quantitative estimate of drug-likeness (QED) is 0.440. The predicted molar refractivity (Wildman–Crippen MR) is 92.6 cm³/mol. The molecule has 2 aromatic rings. The van der Waals surface area contributed by atoms with E-state index in [1.807, 2.05) is 0 Å². The SMILES string of the molecule is NN=C(C=Nc1ccc(Cl)c(OC(F)F)c1)COc1cnccc1Cl. The number of aliphatic imine (C=N–C) groups is 1. The number of nitrogens with zero attached hydrogens (tertiary/aromatic N) is 3. The van der Waals surface area contributed by atoms with Crippen molar-refractivity contribution in [3.05, 3.63) is 46.7 Å². The summed E-state index contributed by atoms with van der Waals surface area (Å²) in [4.78, 5) is 7.96. The van der Waals surface area contributed by atoms with E-state index in [1.165, 1.54) is 36.8 Å². The van der Waals surface area contributed by atoms with Gasteiger partial charge in [0, 0.05) is 12.3 Å². The normalized spacial score (nSPS) is 12.0. The third-order valence-electron chi connectivity index (χ3n) is 2.77. The highest BCUT2D eigenvalue weighted by molar-refractivity contribution is 6.33. The molecule has 0 amide bonds. The van der Waals surface area contributed by atoms with Crippen LogP contribution in [0.5, 0.6) is 11.5 Å². The van der Waals surface area contributed by atoms with Crippen molar-refractivity contribution >= 4 is 40.8 Å². The van der Waals surface area contributed by atoms with Crippen molar-refractivity contribution in [2.45, 2.75) is 6.61 Å². The maximum atomic E-state index is 12.3. The van der Waals surface area contributed by atoms with Gasteiger partial charge < -0.3 is 15.3 Å². The summed E-state index contributed by atoms with van der Waals surface area (Å²) in [5.41, 5.74) is 0.604. The number of alkyl halides is 2. The summed E-state index contributed by atoms with van der Waals surface area (Å²) >= 11 is 11.7. The van der Waals surface area contributed by atoms with Crippen LogP contribution in [-0.4, -0.2) is 30.1 Å². The molecule has 1 heterocycles. The lowest BCUT2D eigenvalue weighted by molar-refractivity contribution is -0.0497. The molecule has 25 heavy (non-hydrogen) atoms. The Bertz CT molecular complexity index is 788. The molecule has 0 spiro atoms. The van der Waals surface area contributed by atoms with Crippen molar-refractivity contribution in [3.63, 3.8) is 0 Å². The molecular formula is C15H12Cl2F2N4O2. The van der Waals surface area contributed by atoms with Gasteiger partial charge in [-0.3, -0.25) is 9.98 Å². The van der Waals surface area contributed by atoms with Gasteiger partial charge in [-0.05, 0) is 18.2 Å². The van der Waals surface area contributed by atoms with Crippen LogP contribution in [0.2, 0.25) is 10.0 Å². The lowest BCUT2D eigenvalue weighted by atomic mass is 10.3. The molecule has 2 N–H and O–H groups in total. The summed E-state index contributed by atoms with van der Waals surface area (Å²) in [6.45, 7) is -3.00. The Hall–Kier alpha value is -2.45. The lowest BCUT2D eigenvalue weighted by Gasteiger charge is -2.07. The predicted octanol–water partition coefficient (Wildman–Crippen LogP) is 4.09. The molecule has 1 aromatic carbocycles. The summed E-state index contributed by atoms with van der Waals surface area (Å²) in [5.74, 6) is 5.46. The Morgan fingerprint density at radius 1 is 1.24 bits per heavy atom. The number of hydrogen-bond donors (Lipinski definition) is 1. The van der Waals surface area contributed by atoms with Crippen LogP contribution >= 0.6 is 23.2 Å². The molecule has 0 atom stereocenters. The van der Waals surface area contributed by atoms with Crippen molar-refractivity contribution in [3.8, 4) is 11.5 Å². The highest BCUT2D eigenvalue weighted by Gasteiger charge is 2.09. The van der Waals surface area contributed by atoms with E-state index in [4.69, 9.17) is 33.8 Å². The van der Waals surface area contributed by atoms with Gasteiger partial charge in [-0.1, -0.05) is 23.2 Å². The summed E-state index contributed by atoms with van der Waals surface area (Å²) in [7, 11) is 0. The molecule has 0 radical (unpaired) electrons. The smallest absolute Gasteiger partial charge is 0.387 e. The third kappa shape index (κ3) is 5.84. The van der Waals surface area contributed by atoms with Crippen molar-refractivity contribution in [1.82, 2.24) is 4.98 Å². The number of ether oxygens (including phenoxy) is 2. The van der Waals surface area contributed by atoms with Gasteiger partial charge in [-0.15, -0.1) is 0 Å². The number of nitrogens with two attached hydrogens (primary N) is 1. The maximum Gasteiger partial charge on any atom is 0.387 e. The van der Waals surface area contributed by atoms with Crippen LogP contribution in [0, 0.1) is 0 Å². The molecule has 6 nitrogen and oxygen atoms in total. The van der Waals surface area contributed by atoms with Crippen LogP contribution in [0.1, 0.15) is 0 Å². The molecule has 1 aromatic heterocycles. The Balaban J connectivity index is 2.05. The van der Waals surface area contributed by atoms with Crippen LogP contribution in [0.3, 0.4) is 0 Å². The van der Waals surface area contributed by atoms with Gasteiger partial charge in [0.05, 0.1) is 28.1 Å². The summed E-state index contributed by atoms with van der Waals surface area (Å²) in [6.07, 6.45) is 4.29. The molecule has 0 aliphatic carbocycles.